The summed E-state index contributed by atoms with van der Waals surface area (Å²) in [5, 5.41) is 14.6. The van der Waals surface area contributed by atoms with Crippen LogP contribution in [0.2, 0.25) is 0 Å². The van der Waals surface area contributed by atoms with Crippen LogP contribution < -0.4 is 5.32 Å². The minimum Gasteiger partial charge on any atom is -0.348 e. The van der Waals surface area contributed by atoms with Crippen LogP contribution in [0.3, 0.4) is 0 Å². The highest BCUT2D eigenvalue weighted by Gasteiger charge is 2.09. The normalized spacial score (nSPS) is 10.4. The first-order chi connectivity index (χ1) is 9.18. The van der Waals surface area contributed by atoms with Crippen molar-refractivity contribution in [3.8, 4) is 5.69 Å². The van der Waals surface area contributed by atoms with Gasteiger partial charge >= 0.3 is 0 Å². The number of nitrogens with zero attached hydrogens (tertiary/aromatic N) is 5. The van der Waals surface area contributed by atoms with E-state index in [-0.39, 0.29) is 12.5 Å². The minimum absolute atomic E-state index is 0.0127. The molecule has 2 rings (SSSR count). The summed E-state index contributed by atoms with van der Waals surface area (Å²) in [6, 6.07) is 9.62. The third kappa shape index (κ3) is 3.35. The van der Waals surface area contributed by atoms with Crippen LogP contribution in [0.4, 0.5) is 0 Å². The van der Waals surface area contributed by atoms with E-state index in [1.165, 1.54) is 4.90 Å². The fourth-order valence-electron chi connectivity index (χ4n) is 1.53. The lowest BCUT2D eigenvalue weighted by molar-refractivity contribution is -0.127. The molecule has 7 nitrogen and oxygen atoms in total. The highest BCUT2D eigenvalue weighted by Crippen LogP contribution is 2.06. The van der Waals surface area contributed by atoms with Gasteiger partial charge in [-0.25, -0.2) is 0 Å². The summed E-state index contributed by atoms with van der Waals surface area (Å²) in [5.74, 6) is 0.677. The molecule has 1 aromatic carbocycles. The summed E-state index contributed by atoms with van der Waals surface area (Å²) in [5.41, 5.74) is 0.892. The Labute approximate surface area is 111 Å². The van der Waals surface area contributed by atoms with Gasteiger partial charge in [0.05, 0.1) is 18.8 Å². The molecule has 1 aromatic heterocycles. The smallest absolute Gasteiger partial charge is 0.236 e. The third-order valence-corrected chi connectivity index (χ3v) is 2.59. The van der Waals surface area contributed by atoms with Gasteiger partial charge in [-0.3, -0.25) is 4.79 Å². The zero-order chi connectivity index (χ0) is 13.7. The number of benzene rings is 1. The number of aromatic nitrogens is 4. The van der Waals surface area contributed by atoms with Crippen molar-refractivity contribution in [2.75, 3.05) is 20.6 Å². The first-order valence-corrected chi connectivity index (χ1v) is 5.92. The Morgan fingerprint density at radius 3 is 2.74 bits per heavy atom. The second-order valence-electron chi connectivity index (χ2n) is 4.23. The quantitative estimate of drug-likeness (QED) is 0.808. The molecule has 0 unspecified atom stereocenters. The first kappa shape index (κ1) is 13.2. The average molecular weight is 260 g/mol. The van der Waals surface area contributed by atoms with E-state index in [1.807, 2.05) is 30.3 Å². The molecule has 1 heterocycles. The highest BCUT2D eigenvalue weighted by atomic mass is 16.2. The van der Waals surface area contributed by atoms with Gasteiger partial charge in [0.1, 0.15) is 0 Å². The van der Waals surface area contributed by atoms with E-state index in [1.54, 1.807) is 18.8 Å². The standard InChI is InChI=1S/C12H16N6O/c1-17(2)12(19)9-13-8-11-14-15-16-18(11)10-6-4-3-5-7-10/h3-7,13H,8-9H2,1-2H3. The summed E-state index contributed by atoms with van der Waals surface area (Å²) in [4.78, 5) is 13.0. The SMILES string of the molecule is CN(C)C(=O)CNCc1nnnn1-c1ccccc1. The maximum absolute atomic E-state index is 11.4. The monoisotopic (exact) mass is 260 g/mol. The Balaban J connectivity index is 1.99. The van der Waals surface area contributed by atoms with Crippen LogP contribution in [-0.2, 0) is 11.3 Å². The van der Waals surface area contributed by atoms with Gasteiger partial charge in [0.25, 0.3) is 0 Å². The molecule has 0 fully saturated rings. The number of likely N-dealkylation sites (N-methyl/N-ethyl adjacent to an activating group) is 1. The molecule has 1 amide bonds. The van der Waals surface area contributed by atoms with Gasteiger partial charge < -0.3 is 10.2 Å². The number of carbonyl (C=O) groups excluding carboxylic acids is 1. The first-order valence-electron chi connectivity index (χ1n) is 5.92. The Morgan fingerprint density at radius 2 is 2.05 bits per heavy atom. The minimum atomic E-state index is 0.0127. The van der Waals surface area contributed by atoms with Gasteiger partial charge in [-0.2, -0.15) is 4.68 Å². The Morgan fingerprint density at radius 1 is 1.32 bits per heavy atom. The maximum atomic E-state index is 11.4. The number of amides is 1. The molecule has 0 spiro atoms. The van der Waals surface area contributed by atoms with Crippen LogP contribution in [0.5, 0.6) is 0 Å². The van der Waals surface area contributed by atoms with Gasteiger partial charge in [0.2, 0.25) is 5.91 Å². The molecule has 19 heavy (non-hydrogen) atoms. The number of para-hydroxylation sites is 1. The van der Waals surface area contributed by atoms with Crippen LogP contribution in [-0.4, -0.2) is 51.7 Å². The number of hydrogen-bond donors (Lipinski definition) is 1. The van der Waals surface area contributed by atoms with Crippen LogP contribution in [0, 0.1) is 0 Å². The Hall–Kier alpha value is -2.28. The lowest BCUT2D eigenvalue weighted by Gasteiger charge is -2.10. The van der Waals surface area contributed by atoms with Crippen molar-refractivity contribution in [2.45, 2.75) is 6.54 Å². The molecule has 2 aromatic rings. The van der Waals surface area contributed by atoms with Crippen molar-refractivity contribution in [2.24, 2.45) is 0 Å². The van der Waals surface area contributed by atoms with Crippen molar-refractivity contribution in [3.63, 3.8) is 0 Å². The van der Waals surface area contributed by atoms with Crippen molar-refractivity contribution < 1.29 is 4.79 Å². The summed E-state index contributed by atoms with van der Waals surface area (Å²) < 4.78 is 1.65. The lowest BCUT2D eigenvalue weighted by Crippen LogP contribution is -2.33. The van der Waals surface area contributed by atoms with Gasteiger partial charge in [-0.15, -0.1) is 5.10 Å². The third-order valence-electron chi connectivity index (χ3n) is 2.59. The van der Waals surface area contributed by atoms with Crippen LogP contribution in [0.25, 0.3) is 5.69 Å². The molecule has 0 radical (unpaired) electrons. The van der Waals surface area contributed by atoms with Gasteiger partial charge in [0, 0.05) is 14.1 Å². The van der Waals surface area contributed by atoms with E-state index in [0.29, 0.717) is 12.4 Å². The molecule has 0 aliphatic rings. The molecule has 0 saturated carbocycles. The molecule has 0 aliphatic heterocycles. The van der Waals surface area contributed by atoms with E-state index in [4.69, 9.17) is 0 Å². The second kappa shape index (κ2) is 6.05. The van der Waals surface area contributed by atoms with Crippen molar-refractivity contribution >= 4 is 5.91 Å². The summed E-state index contributed by atoms with van der Waals surface area (Å²) in [7, 11) is 3.44. The van der Waals surface area contributed by atoms with Crippen molar-refractivity contribution in [3.05, 3.63) is 36.2 Å². The van der Waals surface area contributed by atoms with Gasteiger partial charge in [-0.1, -0.05) is 18.2 Å². The van der Waals surface area contributed by atoms with E-state index in [2.05, 4.69) is 20.8 Å². The van der Waals surface area contributed by atoms with Crippen LogP contribution >= 0.6 is 0 Å². The zero-order valence-corrected chi connectivity index (χ0v) is 10.9. The zero-order valence-electron chi connectivity index (χ0n) is 10.9. The fourth-order valence-corrected chi connectivity index (χ4v) is 1.53. The second-order valence-corrected chi connectivity index (χ2v) is 4.23. The predicted octanol–water partition coefficient (Wildman–Crippen LogP) is -0.160. The largest absolute Gasteiger partial charge is 0.348 e. The fraction of sp³-hybridized carbons (Fsp3) is 0.333. The van der Waals surface area contributed by atoms with E-state index < -0.39 is 0 Å². The summed E-state index contributed by atoms with van der Waals surface area (Å²) >= 11 is 0. The summed E-state index contributed by atoms with van der Waals surface area (Å²) in [6.45, 7) is 0.691. The van der Waals surface area contributed by atoms with Crippen molar-refractivity contribution in [1.29, 1.82) is 0 Å². The number of hydrogen-bond acceptors (Lipinski definition) is 5. The molecule has 1 N–H and O–H groups in total. The topological polar surface area (TPSA) is 75.9 Å². The van der Waals surface area contributed by atoms with Gasteiger partial charge in [-0.05, 0) is 22.6 Å². The molecule has 0 aliphatic carbocycles. The number of carbonyl (C=O) groups is 1. The molecule has 0 bridgehead atoms. The van der Waals surface area contributed by atoms with Crippen LogP contribution in [0.1, 0.15) is 5.82 Å². The van der Waals surface area contributed by atoms with E-state index in [0.717, 1.165) is 5.69 Å². The molecule has 100 valence electrons. The summed E-state index contributed by atoms with van der Waals surface area (Å²) in [6.07, 6.45) is 0. The number of rotatable bonds is 5. The molecular formula is C12H16N6O. The Kier molecular flexibility index (Phi) is 4.19. The molecular weight excluding hydrogens is 244 g/mol. The maximum Gasteiger partial charge on any atom is 0.236 e. The van der Waals surface area contributed by atoms with Crippen LogP contribution in [0.15, 0.2) is 30.3 Å². The van der Waals surface area contributed by atoms with Crippen molar-refractivity contribution in [1.82, 2.24) is 30.4 Å². The number of tetrazole rings is 1. The molecule has 7 heteroatoms. The average Bonchev–Trinajstić information content (AvgIpc) is 2.88. The number of nitrogens with one attached hydrogen (secondary N) is 1. The van der Waals surface area contributed by atoms with Gasteiger partial charge in [0.15, 0.2) is 5.82 Å². The lowest BCUT2D eigenvalue weighted by atomic mass is 10.3. The molecule has 0 atom stereocenters. The highest BCUT2D eigenvalue weighted by molar-refractivity contribution is 5.77. The Bertz CT molecular complexity index is 536. The van der Waals surface area contributed by atoms with E-state index >= 15 is 0 Å². The molecule has 0 saturated heterocycles. The predicted molar refractivity (Wildman–Crippen MR) is 69.6 cm³/mol. The van der Waals surface area contributed by atoms with E-state index in [9.17, 15) is 4.79 Å².